The summed E-state index contributed by atoms with van der Waals surface area (Å²) in [6, 6.07) is 9.26. The SMILES string of the molecule is CCn1nc(-c2ccc([C@H](C)N3CCCCC3)cc2)nc1N(C)C. The first kappa shape index (κ1) is 17.0. The van der Waals surface area contributed by atoms with E-state index in [1.165, 1.54) is 37.9 Å². The summed E-state index contributed by atoms with van der Waals surface area (Å²) >= 11 is 0. The second-order valence-corrected chi connectivity index (χ2v) is 6.84. The van der Waals surface area contributed by atoms with E-state index in [1.807, 2.05) is 23.7 Å². The highest BCUT2D eigenvalue weighted by Crippen LogP contribution is 2.26. The Hall–Kier alpha value is -1.88. The fourth-order valence-corrected chi connectivity index (χ4v) is 3.43. The van der Waals surface area contributed by atoms with Gasteiger partial charge in [-0.05, 0) is 45.3 Å². The van der Waals surface area contributed by atoms with E-state index in [9.17, 15) is 0 Å². The van der Waals surface area contributed by atoms with Crippen LogP contribution in [0.5, 0.6) is 0 Å². The third-order valence-corrected chi connectivity index (χ3v) is 4.94. The van der Waals surface area contributed by atoms with Crippen LogP contribution in [0.4, 0.5) is 5.95 Å². The minimum atomic E-state index is 0.484. The molecular weight excluding hydrogens is 298 g/mol. The largest absolute Gasteiger partial charge is 0.347 e. The maximum atomic E-state index is 4.68. The molecule has 1 saturated heterocycles. The molecule has 5 heteroatoms. The van der Waals surface area contributed by atoms with Gasteiger partial charge in [0.15, 0.2) is 5.82 Å². The Morgan fingerprint density at radius 1 is 1.08 bits per heavy atom. The lowest BCUT2D eigenvalue weighted by Gasteiger charge is -2.32. The number of aryl methyl sites for hydroxylation is 1. The van der Waals surface area contributed by atoms with E-state index < -0.39 is 0 Å². The maximum absolute atomic E-state index is 4.68. The summed E-state index contributed by atoms with van der Waals surface area (Å²) in [7, 11) is 4.01. The van der Waals surface area contributed by atoms with E-state index in [1.54, 1.807) is 0 Å². The molecule has 0 unspecified atom stereocenters. The molecule has 0 saturated carbocycles. The van der Waals surface area contributed by atoms with E-state index in [2.05, 4.69) is 53.1 Å². The van der Waals surface area contributed by atoms with Gasteiger partial charge in [-0.15, -0.1) is 5.10 Å². The molecule has 2 aromatic rings. The summed E-state index contributed by atoms with van der Waals surface area (Å²) in [5.74, 6) is 1.70. The minimum absolute atomic E-state index is 0.484. The molecule has 2 heterocycles. The van der Waals surface area contributed by atoms with Gasteiger partial charge in [0.2, 0.25) is 5.95 Å². The number of aromatic nitrogens is 3. The van der Waals surface area contributed by atoms with E-state index >= 15 is 0 Å². The number of hydrogen-bond donors (Lipinski definition) is 0. The molecule has 5 nitrogen and oxygen atoms in total. The first-order chi connectivity index (χ1) is 11.6. The van der Waals surface area contributed by atoms with Gasteiger partial charge in [0, 0.05) is 32.2 Å². The molecule has 3 rings (SSSR count). The highest BCUT2D eigenvalue weighted by molar-refractivity contribution is 5.57. The molecule has 1 aromatic carbocycles. The smallest absolute Gasteiger partial charge is 0.223 e. The van der Waals surface area contributed by atoms with Crippen LogP contribution < -0.4 is 4.90 Å². The standard InChI is InChI=1S/C19H29N5/c1-5-24-19(22(3)4)20-18(21-24)17-11-9-16(10-12-17)15(2)23-13-7-6-8-14-23/h9-12,15H,5-8,13-14H2,1-4H3/t15-/m0/s1. The summed E-state index contributed by atoms with van der Waals surface area (Å²) in [6.45, 7) is 7.67. The van der Waals surface area contributed by atoms with Crippen LogP contribution in [-0.4, -0.2) is 46.8 Å². The highest BCUT2D eigenvalue weighted by Gasteiger charge is 2.18. The normalized spacial score (nSPS) is 17.0. The van der Waals surface area contributed by atoms with Crippen molar-refractivity contribution < 1.29 is 0 Å². The fourth-order valence-electron chi connectivity index (χ4n) is 3.43. The predicted molar refractivity (Wildman–Crippen MR) is 99.3 cm³/mol. The third-order valence-electron chi connectivity index (χ3n) is 4.94. The molecule has 0 aliphatic carbocycles. The quantitative estimate of drug-likeness (QED) is 0.841. The molecule has 0 amide bonds. The Balaban J connectivity index is 1.79. The van der Waals surface area contributed by atoms with Crippen molar-refractivity contribution in [1.29, 1.82) is 0 Å². The lowest BCUT2D eigenvalue weighted by molar-refractivity contribution is 0.175. The van der Waals surface area contributed by atoms with E-state index in [-0.39, 0.29) is 0 Å². The molecule has 1 aliphatic heterocycles. The number of rotatable bonds is 5. The maximum Gasteiger partial charge on any atom is 0.223 e. The van der Waals surface area contributed by atoms with Crippen LogP contribution >= 0.6 is 0 Å². The number of anilines is 1. The van der Waals surface area contributed by atoms with Crippen LogP contribution in [0.25, 0.3) is 11.4 Å². The van der Waals surface area contributed by atoms with Crippen LogP contribution in [-0.2, 0) is 6.54 Å². The lowest BCUT2D eigenvalue weighted by Crippen LogP contribution is -2.32. The molecule has 130 valence electrons. The van der Waals surface area contributed by atoms with Gasteiger partial charge >= 0.3 is 0 Å². The van der Waals surface area contributed by atoms with Crippen LogP contribution in [0, 0.1) is 0 Å². The van der Waals surface area contributed by atoms with Crippen molar-refractivity contribution in [2.75, 3.05) is 32.1 Å². The average molecular weight is 327 g/mol. The zero-order valence-corrected chi connectivity index (χ0v) is 15.4. The average Bonchev–Trinajstić information content (AvgIpc) is 3.07. The number of likely N-dealkylation sites (tertiary alicyclic amines) is 1. The number of hydrogen-bond acceptors (Lipinski definition) is 4. The van der Waals surface area contributed by atoms with Crippen molar-refractivity contribution in [3.05, 3.63) is 29.8 Å². The minimum Gasteiger partial charge on any atom is -0.347 e. The Kier molecular flexibility index (Phi) is 5.19. The summed E-state index contributed by atoms with van der Waals surface area (Å²) in [4.78, 5) is 9.28. The molecule has 1 aliphatic rings. The van der Waals surface area contributed by atoms with Gasteiger partial charge in [0.05, 0.1) is 0 Å². The van der Waals surface area contributed by atoms with Crippen molar-refractivity contribution >= 4 is 5.95 Å². The second-order valence-electron chi connectivity index (χ2n) is 6.84. The lowest BCUT2D eigenvalue weighted by atomic mass is 10.0. The molecule has 0 spiro atoms. The summed E-state index contributed by atoms with van der Waals surface area (Å²) < 4.78 is 1.94. The zero-order chi connectivity index (χ0) is 17.1. The molecule has 1 aromatic heterocycles. The van der Waals surface area contributed by atoms with Crippen LogP contribution in [0.15, 0.2) is 24.3 Å². The van der Waals surface area contributed by atoms with Gasteiger partial charge < -0.3 is 4.90 Å². The Morgan fingerprint density at radius 2 is 1.75 bits per heavy atom. The third kappa shape index (κ3) is 3.46. The molecule has 0 bridgehead atoms. The number of piperidine rings is 1. The van der Waals surface area contributed by atoms with E-state index in [4.69, 9.17) is 0 Å². The van der Waals surface area contributed by atoms with Gasteiger partial charge in [0.25, 0.3) is 0 Å². The van der Waals surface area contributed by atoms with Crippen molar-refractivity contribution in [3.63, 3.8) is 0 Å². The fraction of sp³-hybridized carbons (Fsp3) is 0.579. The van der Waals surface area contributed by atoms with Crippen LogP contribution in [0.1, 0.15) is 44.7 Å². The first-order valence-electron chi connectivity index (χ1n) is 9.06. The van der Waals surface area contributed by atoms with Crippen molar-refractivity contribution in [3.8, 4) is 11.4 Å². The van der Waals surface area contributed by atoms with Crippen molar-refractivity contribution in [2.24, 2.45) is 0 Å². The Morgan fingerprint density at radius 3 is 2.29 bits per heavy atom. The predicted octanol–water partition coefficient (Wildman–Crippen LogP) is 3.58. The van der Waals surface area contributed by atoms with Gasteiger partial charge in [-0.2, -0.15) is 4.98 Å². The number of nitrogens with zero attached hydrogens (tertiary/aromatic N) is 5. The van der Waals surface area contributed by atoms with Crippen LogP contribution in [0.3, 0.4) is 0 Å². The first-order valence-corrected chi connectivity index (χ1v) is 9.06. The number of benzene rings is 1. The van der Waals surface area contributed by atoms with Gasteiger partial charge in [-0.1, -0.05) is 30.7 Å². The van der Waals surface area contributed by atoms with Crippen molar-refractivity contribution in [2.45, 2.75) is 45.7 Å². The van der Waals surface area contributed by atoms with Gasteiger partial charge in [-0.25, -0.2) is 4.68 Å². The Bertz CT molecular complexity index is 653. The molecule has 1 atom stereocenters. The summed E-state index contributed by atoms with van der Waals surface area (Å²) in [6.07, 6.45) is 4.03. The van der Waals surface area contributed by atoms with Gasteiger partial charge in [0.1, 0.15) is 0 Å². The second kappa shape index (κ2) is 7.34. The topological polar surface area (TPSA) is 37.2 Å². The molecule has 0 radical (unpaired) electrons. The molecule has 1 fully saturated rings. The van der Waals surface area contributed by atoms with E-state index in [0.29, 0.717) is 6.04 Å². The highest BCUT2D eigenvalue weighted by atomic mass is 15.4. The van der Waals surface area contributed by atoms with Gasteiger partial charge in [-0.3, -0.25) is 4.90 Å². The van der Waals surface area contributed by atoms with Crippen molar-refractivity contribution in [1.82, 2.24) is 19.7 Å². The molecule has 0 N–H and O–H groups in total. The zero-order valence-electron chi connectivity index (χ0n) is 15.4. The monoisotopic (exact) mass is 327 g/mol. The van der Waals surface area contributed by atoms with Crippen LogP contribution in [0.2, 0.25) is 0 Å². The summed E-state index contributed by atoms with van der Waals surface area (Å²) in [5, 5.41) is 4.64. The molecular formula is C19H29N5. The molecule has 24 heavy (non-hydrogen) atoms. The van der Waals surface area contributed by atoms with E-state index in [0.717, 1.165) is 23.9 Å². The summed E-state index contributed by atoms with van der Waals surface area (Å²) in [5.41, 5.74) is 2.46. The Labute approximate surface area is 145 Å².